The van der Waals surface area contributed by atoms with Crippen molar-refractivity contribution in [3.8, 4) is 0 Å². The molecule has 3 rings (SSSR count). The molecule has 0 fully saturated rings. The summed E-state index contributed by atoms with van der Waals surface area (Å²) in [5, 5.41) is 7.40. The molecule has 2 aromatic heterocycles. The number of nitrogens with one attached hydrogen (secondary N) is 2. The highest BCUT2D eigenvalue weighted by atomic mass is 35.5. The third-order valence-electron chi connectivity index (χ3n) is 3.00. The summed E-state index contributed by atoms with van der Waals surface area (Å²) < 4.78 is 5.29. The van der Waals surface area contributed by atoms with Crippen molar-refractivity contribution in [3.05, 3.63) is 64.2 Å². The highest BCUT2D eigenvalue weighted by molar-refractivity contribution is 6.35. The Labute approximate surface area is 143 Å². The SMILES string of the molecule is Cc1cc(NCc2ccco2)nc(Nc2cc(Cl)cc(Cl)c2)n1. The molecule has 7 heteroatoms. The Hall–Kier alpha value is -2.24. The van der Waals surface area contributed by atoms with Crippen LogP contribution in [0.25, 0.3) is 0 Å². The summed E-state index contributed by atoms with van der Waals surface area (Å²) in [6.07, 6.45) is 1.64. The van der Waals surface area contributed by atoms with Crippen LogP contribution < -0.4 is 10.6 Å². The molecule has 23 heavy (non-hydrogen) atoms. The summed E-state index contributed by atoms with van der Waals surface area (Å²) >= 11 is 12.0. The Bertz CT molecular complexity index is 786. The van der Waals surface area contributed by atoms with Crippen molar-refractivity contribution in [1.29, 1.82) is 0 Å². The maximum atomic E-state index is 6.00. The van der Waals surface area contributed by atoms with Crippen LogP contribution in [0.4, 0.5) is 17.5 Å². The zero-order valence-electron chi connectivity index (χ0n) is 12.3. The van der Waals surface area contributed by atoms with Crippen molar-refractivity contribution in [3.63, 3.8) is 0 Å². The third kappa shape index (κ3) is 4.37. The summed E-state index contributed by atoms with van der Waals surface area (Å²) in [5.74, 6) is 1.99. The number of anilines is 3. The van der Waals surface area contributed by atoms with Gasteiger partial charge in [-0.2, -0.15) is 4.98 Å². The van der Waals surface area contributed by atoms with Gasteiger partial charge in [-0.25, -0.2) is 4.98 Å². The molecule has 0 aliphatic carbocycles. The topological polar surface area (TPSA) is 63.0 Å². The fourth-order valence-corrected chi connectivity index (χ4v) is 2.59. The first-order chi connectivity index (χ1) is 11.1. The van der Waals surface area contributed by atoms with Crippen molar-refractivity contribution >= 4 is 40.7 Å². The summed E-state index contributed by atoms with van der Waals surface area (Å²) in [5.41, 5.74) is 1.56. The van der Waals surface area contributed by atoms with Crippen molar-refractivity contribution in [2.45, 2.75) is 13.5 Å². The van der Waals surface area contributed by atoms with E-state index in [-0.39, 0.29) is 0 Å². The van der Waals surface area contributed by atoms with E-state index in [0.29, 0.717) is 28.4 Å². The molecule has 118 valence electrons. The molecule has 0 aliphatic rings. The number of rotatable bonds is 5. The number of aromatic nitrogens is 2. The fraction of sp³-hybridized carbons (Fsp3) is 0.125. The molecule has 0 radical (unpaired) electrons. The van der Waals surface area contributed by atoms with Gasteiger partial charge in [0, 0.05) is 27.5 Å². The number of benzene rings is 1. The van der Waals surface area contributed by atoms with E-state index in [2.05, 4.69) is 20.6 Å². The maximum absolute atomic E-state index is 6.00. The van der Waals surface area contributed by atoms with Gasteiger partial charge in [0.15, 0.2) is 0 Å². The van der Waals surface area contributed by atoms with Gasteiger partial charge in [0.2, 0.25) is 5.95 Å². The Balaban J connectivity index is 1.76. The second kappa shape index (κ2) is 6.89. The van der Waals surface area contributed by atoms with Gasteiger partial charge in [-0.3, -0.25) is 0 Å². The van der Waals surface area contributed by atoms with Gasteiger partial charge < -0.3 is 15.1 Å². The number of halogens is 2. The molecule has 5 nitrogen and oxygen atoms in total. The van der Waals surface area contributed by atoms with E-state index in [4.69, 9.17) is 27.6 Å². The largest absolute Gasteiger partial charge is 0.467 e. The molecule has 0 bridgehead atoms. The molecule has 0 saturated carbocycles. The molecular formula is C16H14Cl2N4O. The number of hydrogen-bond donors (Lipinski definition) is 2. The zero-order valence-corrected chi connectivity index (χ0v) is 13.8. The molecule has 0 amide bonds. The summed E-state index contributed by atoms with van der Waals surface area (Å²) in [7, 11) is 0. The van der Waals surface area contributed by atoms with Crippen LogP contribution in [0, 0.1) is 6.92 Å². The first-order valence-corrected chi connectivity index (χ1v) is 7.69. The molecular weight excluding hydrogens is 335 g/mol. The Morgan fingerprint density at radius 3 is 2.57 bits per heavy atom. The van der Waals surface area contributed by atoms with Crippen LogP contribution in [0.3, 0.4) is 0 Å². The van der Waals surface area contributed by atoms with Gasteiger partial charge in [0.05, 0.1) is 12.8 Å². The van der Waals surface area contributed by atoms with Crippen LogP contribution in [0.2, 0.25) is 10.0 Å². The minimum atomic E-state index is 0.463. The van der Waals surface area contributed by atoms with Crippen molar-refractivity contribution in [2.24, 2.45) is 0 Å². The highest BCUT2D eigenvalue weighted by Gasteiger charge is 2.05. The second-order valence-corrected chi connectivity index (χ2v) is 5.81. The summed E-state index contributed by atoms with van der Waals surface area (Å²) in [6.45, 7) is 2.45. The smallest absolute Gasteiger partial charge is 0.229 e. The second-order valence-electron chi connectivity index (χ2n) is 4.93. The van der Waals surface area contributed by atoms with Crippen LogP contribution in [-0.2, 0) is 6.54 Å². The standard InChI is InChI=1S/C16H14Cl2N4O/c1-10-5-15(19-9-14-3-2-4-23-14)22-16(20-10)21-13-7-11(17)6-12(18)8-13/h2-8H,9H2,1H3,(H2,19,20,21,22). The lowest BCUT2D eigenvalue weighted by atomic mass is 10.3. The average molecular weight is 349 g/mol. The van der Waals surface area contributed by atoms with E-state index in [1.165, 1.54) is 0 Å². The van der Waals surface area contributed by atoms with Gasteiger partial charge in [-0.1, -0.05) is 23.2 Å². The first-order valence-electron chi connectivity index (χ1n) is 6.93. The van der Waals surface area contributed by atoms with E-state index in [1.54, 1.807) is 24.5 Å². The number of furan rings is 1. The molecule has 0 unspecified atom stereocenters. The van der Waals surface area contributed by atoms with Crippen molar-refractivity contribution in [2.75, 3.05) is 10.6 Å². The summed E-state index contributed by atoms with van der Waals surface area (Å²) in [6, 6.07) is 10.8. The van der Waals surface area contributed by atoms with E-state index >= 15 is 0 Å². The molecule has 0 aliphatic heterocycles. The van der Waals surface area contributed by atoms with E-state index < -0.39 is 0 Å². The average Bonchev–Trinajstić information content (AvgIpc) is 2.96. The summed E-state index contributed by atoms with van der Waals surface area (Å²) in [4.78, 5) is 8.79. The van der Waals surface area contributed by atoms with Crippen molar-refractivity contribution < 1.29 is 4.42 Å². The maximum Gasteiger partial charge on any atom is 0.229 e. The molecule has 0 atom stereocenters. The van der Waals surface area contributed by atoms with E-state index in [1.807, 2.05) is 25.1 Å². The van der Waals surface area contributed by atoms with Crippen LogP contribution in [-0.4, -0.2) is 9.97 Å². The van der Waals surface area contributed by atoms with E-state index in [0.717, 1.165) is 17.1 Å². The molecule has 3 aromatic rings. The highest BCUT2D eigenvalue weighted by Crippen LogP contribution is 2.24. The number of aryl methyl sites for hydroxylation is 1. The van der Waals surface area contributed by atoms with Crippen LogP contribution in [0.15, 0.2) is 47.1 Å². The Morgan fingerprint density at radius 2 is 1.87 bits per heavy atom. The lowest BCUT2D eigenvalue weighted by Crippen LogP contribution is -2.05. The molecule has 0 saturated heterocycles. The molecule has 0 spiro atoms. The number of nitrogens with zero attached hydrogens (tertiary/aromatic N) is 2. The molecule has 2 heterocycles. The Morgan fingerprint density at radius 1 is 1.09 bits per heavy atom. The third-order valence-corrected chi connectivity index (χ3v) is 3.43. The Kier molecular flexibility index (Phi) is 4.69. The van der Waals surface area contributed by atoms with Crippen LogP contribution in [0.5, 0.6) is 0 Å². The lowest BCUT2D eigenvalue weighted by Gasteiger charge is -2.10. The first kappa shape index (κ1) is 15.6. The zero-order chi connectivity index (χ0) is 16.2. The van der Waals surface area contributed by atoms with Crippen molar-refractivity contribution in [1.82, 2.24) is 9.97 Å². The molecule has 1 aromatic carbocycles. The monoisotopic (exact) mass is 348 g/mol. The lowest BCUT2D eigenvalue weighted by molar-refractivity contribution is 0.518. The van der Waals surface area contributed by atoms with Gasteiger partial charge in [-0.15, -0.1) is 0 Å². The fourth-order valence-electron chi connectivity index (χ4n) is 2.06. The normalized spacial score (nSPS) is 10.6. The quantitative estimate of drug-likeness (QED) is 0.676. The van der Waals surface area contributed by atoms with Gasteiger partial charge in [-0.05, 0) is 37.3 Å². The van der Waals surface area contributed by atoms with Gasteiger partial charge >= 0.3 is 0 Å². The number of hydrogen-bond acceptors (Lipinski definition) is 5. The predicted molar refractivity (Wildman–Crippen MR) is 92.5 cm³/mol. The van der Waals surface area contributed by atoms with Crippen LogP contribution >= 0.6 is 23.2 Å². The molecule has 2 N–H and O–H groups in total. The minimum absolute atomic E-state index is 0.463. The predicted octanol–water partition coefficient (Wildman–Crippen LogP) is 5.04. The minimum Gasteiger partial charge on any atom is -0.467 e. The van der Waals surface area contributed by atoms with E-state index in [9.17, 15) is 0 Å². The van der Waals surface area contributed by atoms with Gasteiger partial charge in [0.1, 0.15) is 11.6 Å². The van der Waals surface area contributed by atoms with Crippen LogP contribution in [0.1, 0.15) is 11.5 Å². The van der Waals surface area contributed by atoms with Gasteiger partial charge in [0.25, 0.3) is 0 Å².